The lowest BCUT2D eigenvalue weighted by molar-refractivity contribution is -0.143. The molecule has 0 bridgehead atoms. The van der Waals surface area contributed by atoms with Crippen molar-refractivity contribution in [3.63, 3.8) is 0 Å². The van der Waals surface area contributed by atoms with Crippen molar-refractivity contribution < 1.29 is 14.0 Å². The fourth-order valence-corrected chi connectivity index (χ4v) is 2.83. The van der Waals surface area contributed by atoms with Crippen LogP contribution in [0.2, 0.25) is 0 Å². The van der Waals surface area contributed by atoms with Gasteiger partial charge < -0.3 is 15.1 Å². The number of amides is 2. The number of nitriles is 1. The van der Waals surface area contributed by atoms with Gasteiger partial charge in [0.2, 0.25) is 0 Å². The van der Waals surface area contributed by atoms with Gasteiger partial charge in [0.1, 0.15) is 11.9 Å². The molecule has 1 heterocycles. The van der Waals surface area contributed by atoms with E-state index >= 15 is 0 Å². The molecule has 2 amide bonds. The first kappa shape index (κ1) is 17.4. The van der Waals surface area contributed by atoms with E-state index in [-0.39, 0.29) is 5.82 Å². The van der Waals surface area contributed by atoms with Gasteiger partial charge in [-0.3, -0.25) is 9.59 Å². The van der Waals surface area contributed by atoms with E-state index in [0.29, 0.717) is 37.4 Å². The summed E-state index contributed by atoms with van der Waals surface area (Å²) in [5.41, 5.74) is 1.50. The van der Waals surface area contributed by atoms with Crippen LogP contribution in [0.4, 0.5) is 15.8 Å². The van der Waals surface area contributed by atoms with E-state index in [1.807, 2.05) is 11.0 Å². The summed E-state index contributed by atoms with van der Waals surface area (Å²) >= 11 is 0. The van der Waals surface area contributed by atoms with Gasteiger partial charge in [0.25, 0.3) is 0 Å². The second kappa shape index (κ2) is 7.66. The highest BCUT2D eigenvalue weighted by Gasteiger charge is 2.26. The maximum atomic E-state index is 13.0. The Morgan fingerprint density at radius 3 is 2.31 bits per heavy atom. The van der Waals surface area contributed by atoms with Crippen molar-refractivity contribution >= 4 is 23.2 Å². The van der Waals surface area contributed by atoms with E-state index in [0.717, 1.165) is 5.69 Å². The number of nitrogens with zero attached hydrogens (tertiary/aromatic N) is 3. The Hall–Kier alpha value is -3.40. The smallest absolute Gasteiger partial charge is 0.313 e. The molecular weight excluding hydrogens is 335 g/mol. The van der Waals surface area contributed by atoms with Gasteiger partial charge in [-0.15, -0.1) is 0 Å². The molecule has 0 atom stereocenters. The molecule has 2 aromatic rings. The molecule has 1 fully saturated rings. The molecule has 3 rings (SSSR count). The monoisotopic (exact) mass is 352 g/mol. The van der Waals surface area contributed by atoms with E-state index in [1.165, 1.54) is 17.0 Å². The van der Waals surface area contributed by atoms with Crippen molar-refractivity contribution in [3.05, 3.63) is 59.9 Å². The molecule has 1 aliphatic rings. The van der Waals surface area contributed by atoms with Crippen molar-refractivity contribution in [1.29, 1.82) is 5.26 Å². The average Bonchev–Trinajstić information content (AvgIpc) is 2.68. The summed E-state index contributed by atoms with van der Waals surface area (Å²) in [7, 11) is 0. The molecular formula is C19H17FN4O2. The molecule has 0 saturated carbocycles. The number of nitrogens with one attached hydrogen (secondary N) is 1. The molecule has 26 heavy (non-hydrogen) atoms. The van der Waals surface area contributed by atoms with Crippen LogP contribution in [-0.4, -0.2) is 42.9 Å². The van der Waals surface area contributed by atoms with Crippen molar-refractivity contribution in [2.75, 3.05) is 36.4 Å². The maximum Gasteiger partial charge on any atom is 0.313 e. The first-order valence-corrected chi connectivity index (χ1v) is 8.18. The number of para-hydroxylation sites is 1. The number of hydrogen-bond donors (Lipinski definition) is 1. The number of rotatable bonds is 2. The van der Waals surface area contributed by atoms with Crippen LogP contribution in [0.3, 0.4) is 0 Å². The lowest BCUT2D eigenvalue weighted by atomic mass is 10.2. The van der Waals surface area contributed by atoms with Gasteiger partial charge in [0.05, 0.1) is 11.3 Å². The highest BCUT2D eigenvalue weighted by Crippen LogP contribution is 2.18. The predicted octanol–water partition coefficient (Wildman–Crippen LogP) is 1.98. The molecule has 1 N–H and O–H groups in total. The van der Waals surface area contributed by atoms with Crippen molar-refractivity contribution in [2.24, 2.45) is 0 Å². The third-order valence-corrected chi connectivity index (χ3v) is 4.25. The fourth-order valence-electron chi connectivity index (χ4n) is 2.83. The Balaban J connectivity index is 1.58. The zero-order chi connectivity index (χ0) is 18.5. The molecule has 0 radical (unpaired) electrons. The summed E-state index contributed by atoms with van der Waals surface area (Å²) < 4.78 is 13.0. The molecule has 132 valence electrons. The van der Waals surface area contributed by atoms with Crippen LogP contribution in [0.25, 0.3) is 0 Å². The zero-order valence-corrected chi connectivity index (χ0v) is 14.0. The van der Waals surface area contributed by atoms with Gasteiger partial charge in [0, 0.05) is 31.9 Å². The first-order chi connectivity index (χ1) is 12.6. The fraction of sp³-hybridized carbons (Fsp3) is 0.211. The standard InChI is InChI=1S/C19H17FN4O2/c20-15-5-7-16(8-6-15)23-9-11-24(12-10-23)19(26)18(25)22-17-4-2-1-3-14(17)13-21/h1-8H,9-12H2,(H,22,25). The molecule has 2 aromatic carbocycles. The van der Waals surface area contributed by atoms with Crippen LogP contribution in [0, 0.1) is 17.1 Å². The molecule has 0 aromatic heterocycles. The van der Waals surface area contributed by atoms with Gasteiger partial charge in [-0.25, -0.2) is 4.39 Å². The molecule has 1 aliphatic heterocycles. The number of hydrogen-bond acceptors (Lipinski definition) is 4. The molecule has 6 nitrogen and oxygen atoms in total. The summed E-state index contributed by atoms with van der Waals surface area (Å²) in [6.07, 6.45) is 0. The van der Waals surface area contributed by atoms with E-state index in [4.69, 9.17) is 5.26 Å². The number of carbonyl (C=O) groups is 2. The summed E-state index contributed by atoms with van der Waals surface area (Å²) in [5.74, 6) is -1.68. The minimum absolute atomic E-state index is 0.295. The number of halogens is 1. The maximum absolute atomic E-state index is 13.0. The van der Waals surface area contributed by atoms with Crippen molar-refractivity contribution in [2.45, 2.75) is 0 Å². The second-order valence-electron chi connectivity index (χ2n) is 5.87. The topological polar surface area (TPSA) is 76.4 Å². The highest BCUT2D eigenvalue weighted by molar-refractivity contribution is 6.39. The van der Waals surface area contributed by atoms with E-state index in [1.54, 1.807) is 36.4 Å². The van der Waals surface area contributed by atoms with Crippen LogP contribution in [-0.2, 0) is 9.59 Å². The lowest BCUT2D eigenvalue weighted by Gasteiger charge is -2.35. The Kier molecular flexibility index (Phi) is 5.13. The summed E-state index contributed by atoms with van der Waals surface area (Å²) in [6.45, 7) is 1.89. The Bertz CT molecular complexity index is 853. The molecule has 0 unspecified atom stereocenters. The van der Waals surface area contributed by atoms with Gasteiger partial charge in [-0.1, -0.05) is 12.1 Å². The number of benzene rings is 2. The van der Waals surface area contributed by atoms with E-state index in [2.05, 4.69) is 5.32 Å². The summed E-state index contributed by atoms with van der Waals surface area (Å²) in [6, 6.07) is 14.7. The lowest BCUT2D eigenvalue weighted by Crippen LogP contribution is -2.51. The molecule has 1 saturated heterocycles. The first-order valence-electron chi connectivity index (χ1n) is 8.18. The summed E-state index contributed by atoms with van der Waals surface area (Å²) in [5, 5.41) is 11.5. The molecule has 7 heteroatoms. The minimum atomic E-state index is -0.761. The number of anilines is 2. The summed E-state index contributed by atoms with van der Waals surface area (Å²) in [4.78, 5) is 28.1. The van der Waals surface area contributed by atoms with Crippen LogP contribution in [0.5, 0.6) is 0 Å². The number of piperazine rings is 1. The molecule has 0 aliphatic carbocycles. The Morgan fingerprint density at radius 2 is 1.65 bits per heavy atom. The third kappa shape index (κ3) is 3.81. The van der Waals surface area contributed by atoms with E-state index < -0.39 is 11.8 Å². The zero-order valence-electron chi connectivity index (χ0n) is 14.0. The third-order valence-electron chi connectivity index (χ3n) is 4.25. The highest BCUT2D eigenvalue weighted by atomic mass is 19.1. The van der Waals surface area contributed by atoms with Crippen LogP contribution < -0.4 is 10.2 Å². The predicted molar refractivity (Wildman–Crippen MR) is 95.0 cm³/mol. The minimum Gasteiger partial charge on any atom is -0.368 e. The van der Waals surface area contributed by atoms with Crippen LogP contribution >= 0.6 is 0 Å². The van der Waals surface area contributed by atoms with Crippen molar-refractivity contribution in [3.8, 4) is 6.07 Å². The Morgan fingerprint density at radius 1 is 1.00 bits per heavy atom. The van der Waals surface area contributed by atoms with Gasteiger partial charge in [0.15, 0.2) is 0 Å². The normalized spacial score (nSPS) is 13.8. The van der Waals surface area contributed by atoms with Crippen LogP contribution in [0.1, 0.15) is 5.56 Å². The quantitative estimate of drug-likeness (QED) is 0.839. The Labute approximate surface area is 150 Å². The van der Waals surface area contributed by atoms with Gasteiger partial charge in [-0.05, 0) is 36.4 Å². The number of carbonyl (C=O) groups excluding carboxylic acids is 2. The SMILES string of the molecule is N#Cc1ccccc1NC(=O)C(=O)N1CCN(c2ccc(F)cc2)CC1. The largest absolute Gasteiger partial charge is 0.368 e. The van der Waals surface area contributed by atoms with E-state index in [9.17, 15) is 14.0 Å². The van der Waals surface area contributed by atoms with Gasteiger partial charge in [-0.2, -0.15) is 5.26 Å². The van der Waals surface area contributed by atoms with Crippen molar-refractivity contribution in [1.82, 2.24) is 4.90 Å². The van der Waals surface area contributed by atoms with Crippen LogP contribution in [0.15, 0.2) is 48.5 Å². The van der Waals surface area contributed by atoms with Gasteiger partial charge >= 0.3 is 11.8 Å². The average molecular weight is 352 g/mol. The second-order valence-corrected chi connectivity index (χ2v) is 5.87. The molecule has 0 spiro atoms.